The first-order valence-electron chi connectivity index (χ1n) is 3.97. The van der Waals surface area contributed by atoms with E-state index in [0.29, 0.717) is 0 Å². The Morgan fingerprint density at radius 1 is 1.25 bits per heavy atom. The van der Waals surface area contributed by atoms with Gasteiger partial charge < -0.3 is 20.4 Å². The Hall–Kier alpha value is -0.200. The van der Waals surface area contributed by atoms with Crippen LogP contribution in [0.4, 0.5) is 0 Å². The van der Waals surface area contributed by atoms with Crippen LogP contribution in [0.3, 0.4) is 0 Å². The van der Waals surface area contributed by atoms with Gasteiger partial charge in [-0.05, 0) is 6.92 Å². The highest BCUT2D eigenvalue weighted by molar-refractivity contribution is 4.91. The fraction of sp³-hybridized carbons (Fsp3) is 1.00. The summed E-state index contributed by atoms with van der Waals surface area (Å²) in [5, 5.41) is 36.6. The summed E-state index contributed by atoms with van der Waals surface area (Å²) in [4.78, 5) is 1.50. The van der Waals surface area contributed by atoms with Gasteiger partial charge in [0, 0.05) is 12.6 Å². The van der Waals surface area contributed by atoms with Crippen LogP contribution in [-0.4, -0.2) is 63.0 Å². The number of piperidine rings is 1. The van der Waals surface area contributed by atoms with E-state index >= 15 is 0 Å². The molecule has 0 aromatic carbocycles. The molecular weight excluding hydrogens is 162 g/mol. The molecule has 1 fully saturated rings. The molecule has 5 nitrogen and oxygen atoms in total. The van der Waals surface area contributed by atoms with E-state index in [4.69, 9.17) is 5.11 Å². The third-order valence-corrected chi connectivity index (χ3v) is 2.42. The van der Waals surface area contributed by atoms with Gasteiger partial charge in [0.15, 0.2) is 0 Å². The fourth-order valence-electron chi connectivity index (χ4n) is 1.43. The van der Waals surface area contributed by atoms with Crippen molar-refractivity contribution in [1.29, 1.82) is 0 Å². The highest BCUT2D eigenvalue weighted by Crippen LogP contribution is 2.17. The van der Waals surface area contributed by atoms with Crippen LogP contribution in [0.15, 0.2) is 0 Å². The van der Waals surface area contributed by atoms with Gasteiger partial charge in [-0.3, -0.25) is 4.90 Å². The molecule has 1 heterocycles. The van der Waals surface area contributed by atoms with Crippen molar-refractivity contribution in [2.45, 2.75) is 31.3 Å². The molecule has 4 atom stereocenters. The predicted octanol–water partition coefficient (Wildman–Crippen LogP) is -2.28. The summed E-state index contributed by atoms with van der Waals surface area (Å²) in [7, 11) is 0. The van der Waals surface area contributed by atoms with Gasteiger partial charge in [-0.2, -0.15) is 0 Å². The van der Waals surface area contributed by atoms with Crippen molar-refractivity contribution in [1.82, 2.24) is 4.90 Å². The summed E-state index contributed by atoms with van der Waals surface area (Å²) in [6.45, 7) is 1.66. The molecule has 12 heavy (non-hydrogen) atoms. The van der Waals surface area contributed by atoms with Crippen LogP contribution >= 0.6 is 0 Å². The van der Waals surface area contributed by atoms with Crippen LogP contribution < -0.4 is 0 Å². The van der Waals surface area contributed by atoms with E-state index in [9.17, 15) is 15.3 Å². The highest BCUT2D eigenvalue weighted by Gasteiger charge is 2.38. The number of nitrogens with zero attached hydrogens (tertiary/aromatic N) is 1. The number of aliphatic hydroxyl groups is 4. The van der Waals surface area contributed by atoms with Crippen molar-refractivity contribution < 1.29 is 20.4 Å². The first kappa shape index (κ1) is 9.88. The fourth-order valence-corrected chi connectivity index (χ4v) is 1.43. The minimum Gasteiger partial charge on any atom is -0.389 e. The van der Waals surface area contributed by atoms with Crippen molar-refractivity contribution in [2.75, 3.05) is 13.3 Å². The average molecular weight is 177 g/mol. The largest absolute Gasteiger partial charge is 0.389 e. The van der Waals surface area contributed by atoms with Gasteiger partial charge in [0.25, 0.3) is 0 Å². The molecule has 1 rings (SSSR count). The van der Waals surface area contributed by atoms with E-state index in [-0.39, 0.29) is 19.3 Å². The predicted molar refractivity (Wildman–Crippen MR) is 41.3 cm³/mol. The lowest BCUT2D eigenvalue weighted by Gasteiger charge is -2.41. The summed E-state index contributed by atoms with van der Waals surface area (Å²) in [6.07, 6.45) is -3.09. The number of β-amino-alcohol motifs (C(OH)–C–C–N with tert-alkyl or cyclic N) is 1. The minimum absolute atomic E-state index is 0.190. The maximum Gasteiger partial charge on any atom is 0.108 e. The quantitative estimate of drug-likeness (QED) is 0.363. The number of rotatable bonds is 1. The van der Waals surface area contributed by atoms with Crippen molar-refractivity contribution >= 4 is 0 Å². The zero-order chi connectivity index (χ0) is 9.30. The molecule has 72 valence electrons. The van der Waals surface area contributed by atoms with Crippen molar-refractivity contribution in [2.24, 2.45) is 0 Å². The van der Waals surface area contributed by atoms with Crippen LogP contribution in [0, 0.1) is 0 Å². The molecule has 4 N–H and O–H groups in total. The second kappa shape index (κ2) is 3.68. The van der Waals surface area contributed by atoms with E-state index in [0.717, 1.165) is 0 Å². The molecule has 5 heteroatoms. The van der Waals surface area contributed by atoms with E-state index in [1.807, 2.05) is 0 Å². The Balaban J connectivity index is 2.63. The minimum atomic E-state index is -1.11. The Morgan fingerprint density at radius 2 is 1.83 bits per heavy atom. The van der Waals surface area contributed by atoms with Gasteiger partial charge in [0.2, 0.25) is 0 Å². The van der Waals surface area contributed by atoms with E-state index in [2.05, 4.69) is 0 Å². The number of aliphatic hydroxyl groups excluding tert-OH is 4. The molecule has 0 aromatic rings. The SMILES string of the molecule is CC1C(O)C(O)C(O)CN1CO. The summed E-state index contributed by atoms with van der Waals surface area (Å²) in [5.74, 6) is 0. The summed E-state index contributed by atoms with van der Waals surface area (Å²) in [6, 6.07) is -0.326. The normalized spacial score (nSPS) is 44.8. The Morgan fingerprint density at radius 3 is 2.33 bits per heavy atom. The zero-order valence-electron chi connectivity index (χ0n) is 6.96. The van der Waals surface area contributed by atoms with Crippen molar-refractivity contribution in [3.8, 4) is 0 Å². The lowest BCUT2D eigenvalue weighted by Crippen LogP contribution is -2.60. The molecule has 0 amide bonds. The van der Waals surface area contributed by atoms with E-state index < -0.39 is 18.3 Å². The van der Waals surface area contributed by atoms with Gasteiger partial charge in [-0.15, -0.1) is 0 Å². The maximum atomic E-state index is 9.36. The number of hydrogen-bond acceptors (Lipinski definition) is 5. The Labute approximate surface area is 70.9 Å². The summed E-state index contributed by atoms with van der Waals surface area (Å²) < 4.78 is 0. The Kier molecular flexibility index (Phi) is 3.03. The standard InChI is InChI=1S/C7H15NO4/c1-4-6(11)7(12)5(10)2-8(4)3-9/h4-7,9-12H,2-3H2,1H3. The van der Waals surface area contributed by atoms with E-state index in [1.165, 1.54) is 4.90 Å². The molecule has 0 aliphatic carbocycles. The maximum absolute atomic E-state index is 9.36. The second-order valence-electron chi connectivity index (χ2n) is 3.20. The topological polar surface area (TPSA) is 84.2 Å². The molecule has 4 unspecified atom stereocenters. The molecule has 1 saturated heterocycles. The van der Waals surface area contributed by atoms with E-state index in [1.54, 1.807) is 6.92 Å². The molecule has 0 saturated carbocycles. The second-order valence-corrected chi connectivity index (χ2v) is 3.20. The molecular formula is C7H15NO4. The van der Waals surface area contributed by atoms with Gasteiger partial charge >= 0.3 is 0 Å². The number of hydrogen-bond donors (Lipinski definition) is 4. The zero-order valence-corrected chi connectivity index (χ0v) is 6.96. The van der Waals surface area contributed by atoms with Crippen LogP contribution in [0.25, 0.3) is 0 Å². The van der Waals surface area contributed by atoms with Gasteiger partial charge in [-0.1, -0.05) is 0 Å². The molecule has 0 spiro atoms. The van der Waals surface area contributed by atoms with Crippen molar-refractivity contribution in [3.63, 3.8) is 0 Å². The lowest BCUT2D eigenvalue weighted by molar-refractivity contribution is -0.146. The van der Waals surface area contributed by atoms with Gasteiger partial charge in [0.05, 0.1) is 18.9 Å². The lowest BCUT2D eigenvalue weighted by atomic mass is 9.96. The molecule has 0 radical (unpaired) electrons. The van der Waals surface area contributed by atoms with Crippen LogP contribution in [0.2, 0.25) is 0 Å². The monoisotopic (exact) mass is 177 g/mol. The first-order chi connectivity index (χ1) is 5.57. The van der Waals surface area contributed by atoms with Crippen LogP contribution in [0.5, 0.6) is 0 Å². The highest BCUT2D eigenvalue weighted by atomic mass is 16.4. The molecule has 1 aliphatic rings. The number of likely N-dealkylation sites (tertiary alicyclic amines) is 1. The third kappa shape index (κ3) is 1.60. The van der Waals surface area contributed by atoms with Crippen LogP contribution in [0.1, 0.15) is 6.92 Å². The van der Waals surface area contributed by atoms with Crippen LogP contribution in [-0.2, 0) is 0 Å². The average Bonchev–Trinajstić information content (AvgIpc) is 2.08. The first-order valence-corrected chi connectivity index (χ1v) is 3.97. The Bertz CT molecular complexity index is 150. The smallest absolute Gasteiger partial charge is 0.108 e. The summed E-state index contributed by atoms with van der Waals surface area (Å²) >= 11 is 0. The molecule has 0 bridgehead atoms. The van der Waals surface area contributed by atoms with Gasteiger partial charge in [0.1, 0.15) is 6.10 Å². The molecule has 1 aliphatic heterocycles. The third-order valence-electron chi connectivity index (χ3n) is 2.42. The van der Waals surface area contributed by atoms with Crippen molar-refractivity contribution in [3.05, 3.63) is 0 Å². The molecule has 0 aromatic heterocycles. The summed E-state index contributed by atoms with van der Waals surface area (Å²) in [5.41, 5.74) is 0. The van der Waals surface area contributed by atoms with Gasteiger partial charge in [-0.25, -0.2) is 0 Å².